The van der Waals surface area contributed by atoms with E-state index in [4.69, 9.17) is 13.9 Å². The summed E-state index contributed by atoms with van der Waals surface area (Å²) in [5, 5.41) is 0.289. The van der Waals surface area contributed by atoms with Gasteiger partial charge in [0.05, 0.1) is 16.5 Å². The molecule has 1 aliphatic rings. The third-order valence-electron chi connectivity index (χ3n) is 6.16. The summed E-state index contributed by atoms with van der Waals surface area (Å²) in [6.45, 7) is 2.11. The number of esters is 1. The number of rotatable bonds is 8. The number of hydrogen-bond acceptors (Lipinski definition) is 7. The molecule has 0 bridgehead atoms. The summed E-state index contributed by atoms with van der Waals surface area (Å²) in [6.07, 6.45) is 2.25. The van der Waals surface area contributed by atoms with E-state index in [1.807, 2.05) is 25.1 Å². The minimum atomic E-state index is -0.533. The molecule has 0 saturated heterocycles. The molecule has 0 aliphatic carbocycles. The summed E-state index contributed by atoms with van der Waals surface area (Å²) < 4.78 is 16.8. The minimum absolute atomic E-state index is 0.000986. The van der Waals surface area contributed by atoms with Crippen molar-refractivity contribution in [1.82, 2.24) is 4.90 Å². The van der Waals surface area contributed by atoms with Crippen LogP contribution in [0.4, 0.5) is 0 Å². The van der Waals surface area contributed by atoms with Crippen LogP contribution >= 0.6 is 0 Å². The largest absolute Gasteiger partial charge is 0.460 e. The van der Waals surface area contributed by atoms with Gasteiger partial charge in [-0.1, -0.05) is 37.3 Å². The molecule has 0 saturated carbocycles. The van der Waals surface area contributed by atoms with Crippen LogP contribution in [-0.4, -0.2) is 29.2 Å². The minimum Gasteiger partial charge on any atom is -0.460 e. The highest BCUT2D eigenvalue weighted by molar-refractivity contribution is 6.21. The molecular formula is C29H23NO7. The molecule has 0 unspecified atom stereocenters. The van der Waals surface area contributed by atoms with E-state index in [9.17, 15) is 19.2 Å². The fourth-order valence-corrected chi connectivity index (χ4v) is 4.25. The van der Waals surface area contributed by atoms with E-state index in [1.165, 1.54) is 24.5 Å². The lowest BCUT2D eigenvalue weighted by atomic mass is 10.1. The van der Waals surface area contributed by atoms with Crippen molar-refractivity contribution in [2.75, 3.05) is 6.54 Å². The quantitative estimate of drug-likeness (QED) is 0.189. The van der Waals surface area contributed by atoms with Crippen LogP contribution in [0.1, 0.15) is 46.0 Å². The monoisotopic (exact) mass is 497 g/mol. The van der Waals surface area contributed by atoms with Gasteiger partial charge in [-0.2, -0.15) is 0 Å². The molecule has 186 valence electrons. The molecule has 0 radical (unpaired) electrons. The number of benzene rings is 3. The van der Waals surface area contributed by atoms with Crippen LogP contribution in [0.3, 0.4) is 0 Å². The molecule has 0 spiro atoms. The topological polar surface area (TPSA) is 103 Å². The molecule has 0 fully saturated rings. The van der Waals surface area contributed by atoms with Gasteiger partial charge in [0.1, 0.15) is 23.3 Å². The van der Waals surface area contributed by atoms with E-state index in [2.05, 4.69) is 0 Å². The summed E-state index contributed by atoms with van der Waals surface area (Å²) in [7, 11) is 0. The van der Waals surface area contributed by atoms with Crippen molar-refractivity contribution in [3.63, 3.8) is 0 Å². The third kappa shape index (κ3) is 4.73. The molecule has 5 rings (SSSR count). The van der Waals surface area contributed by atoms with Crippen molar-refractivity contribution < 1.29 is 28.3 Å². The number of aryl methyl sites for hydroxylation is 1. The number of ether oxygens (including phenoxy) is 2. The van der Waals surface area contributed by atoms with Crippen molar-refractivity contribution in [2.45, 2.75) is 26.2 Å². The Labute approximate surface area is 212 Å². The second-order valence-electron chi connectivity index (χ2n) is 8.54. The molecule has 2 amide bonds. The first-order valence-corrected chi connectivity index (χ1v) is 11.9. The average Bonchev–Trinajstić information content (AvgIpc) is 3.15. The lowest BCUT2D eigenvalue weighted by molar-refractivity contribution is -0.134. The predicted molar refractivity (Wildman–Crippen MR) is 135 cm³/mol. The van der Waals surface area contributed by atoms with Crippen LogP contribution in [0, 0.1) is 0 Å². The van der Waals surface area contributed by atoms with Crippen LogP contribution in [0.2, 0.25) is 0 Å². The van der Waals surface area contributed by atoms with Crippen molar-refractivity contribution in [1.29, 1.82) is 0 Å². The molecule has 0 atom stereocenters. The molecule has 4 aromatic rings. The number of carbonyl (C=O) groups excluding carboxylic acids is 3. The lowest BCUT2D eigenvalue weighted by Gasteiger charge is -2.13. The molecule has 2 heterocycles. The first-order chi connectivity index (χ1) is 18.0. The summed E-state index contributed by atoms with van der Waals surface area (Å²) in [5.74, 6) is -0.393. The second-order valence-corrected chi connectivity index (χ2v) is 8.54. The van der Waals surface area contributed by atoms with Gasteiger partial charge in [-0.15, -0.1) is 0 Å². The van der Waals surface area contributed by atoms with Crippen molar-refractivity contribution >= 4 is 28.8 Å². The molecule has 1 aromatic heterocycles. The summed E-state index contributed by atoms with van der Waals surface area (Å²) >= 11 is 0. The first-order valence-electron chi connectivity index (χ1n) is 11.9. The Kier molecular flexibility index (Phi) is 6.55. The summed E-state index contributed by atoms with van der Waals surface area (Å²) in [5.41, 5.74) is 1.61. The molecule has 0 N–H and O–H groups in total. The lowest BCUT2D eigenvalue weighted by Crippen LogP contribution is -2.31. The van der Waals surface area contributed by atoms with E-state index in [-0.39, 0.29) is 59.1 Å². The van der Waals surface area contributed by atoms with E-state index >= 15 is 0 Å². The van der Waals surface area contributed by atoms with Crippen LogP contribution in [0.5, 0.6) is 17.2 Å². The number of fused-ring (bicyclic) bond motifs is 2. The Morgan fingerprint density at radius 3 is 2.32 bits per heavy atom. The fraction of sp³-hybridized carbons (Fsp3) is 0.172. The highest BCUT2D eigenvalue weighted by Crippen LogP contribution is 2.27. The third-order valence-corrected chi connectivity index (χ3v) is 6.16. The van der Waals surface area contributed by atoms with E-state index < -0.39 is 5.97 Å². The Morgan fingerprint density at radius 2 is 1.59 bits per heavy atom. The predicted octanol–water partition coefficient (Wildman–Crippen LogP) is 5.13. The fourth-order valence-electron chi connectivity index (χ4n) is 4.25. The Morgan fingerprint density at radius 1 is 0.892 bits per heavy atom. The summed E-state index contributed by atoms with van der Waals surface area (Å²) in [4.78, 5) is 51.3. The van der Waals surface area contributed by atoms with Gasteiger partial charge in [0, 0.05) is 19.0 Å². The zero-order valence-corrected chi connectivity index (χ0v) is 20.1. The Balaban J connectivity index is 1.21. The SMILES string of the molecule is CCc1ccccc1Oc1coc2cc(OC(=O)CCCN3C(=O)c4ccccc4C3=O)ccc2c1=O. The maximum atomic E-state index is 12.9. The standard InChI is InChI=1S/C29H23NO7/c1-2-18-8-3-6-11-23(18)37-25-17-35-24-16-19(13-14-22(24)27(25)32)36-26(31)12-7-15-30-28(33)20-9-4-5-10-21(20)29(30)34/h3-6,8-11,13-14,16-17H,2,7,12,15H2,1H3. The first kappa shape index (κ1) is 24.0. The maximum absolute atomic E-state index is 12.9. The maximum Gasteiger partial charge on any atom is 0.311 e. The summed E-state index contributed by atoms with van der Waals surface area (Å²) in [6, 6.07) is 18.6. The van der Waals surface area contributed by atoms with Crippen LogP contribution < -0.4 is 14.9 Å². The van der Waals surface area contributed by atoms with Crippen LogP contribution in [0.15, 0.2) is 82.2 Å². The zero-order valence-electron chi connectivity index (χ0n) is 20.1. The van der Waals surface area contributed by atoms with Crippen molar-refractivity contribution in [3.8, 4) is 17.2 Å². The Hall–Kier alpha value is -4.72. The van der Waals surface area contributed by atoms with Crippen LogP contribution in [0.25, 0.3) is 11.0 Å². The smallest absolute Gasteiger partial charge is 0.311 e. The van der Waals surface area contributed by atoms with Gasteiger partial charge in [-0.05, 0) is 48.7 Å². The van der Waals surface area contributed by atoms with Gasteiger partial charge < -0.3 is 13.9 Å². The second kappa shape index (κ2) is 10.1. The van der Waals surface area contributed by atoms with Gasteiger partial charge in [0.25, 0.3) is 11.8 Å². The number of amides is 2. The molecular weight excluding hydrogens is 474 g/mol. The van der Waals surface area contributed by atoms with Crippen LogP contribution in [-0.2, 0) is 11.2 Å². The molecule has 8 heteroatoms. The molecule has 37 heavy (non-hydrogen) atoms. The van der Waals surface area contributed by atoms with Gasteiger partial charge in [0.2, 0.25) is 11.2 Å². The number of imide groups is 1. The van der Waals surface area contributed by atoms with E-state index in [1.54, 1.807) is 30.3 Å². The zero-order chi connectivity index (χ0) is 25.9. The van der Waals surface area contributed by atoms with Crippen molar-refractivity contribution in [2.24, 2.45) is 0 Å². The highest BCUT2D eigenvalue weighted by Gasteiger charge is 2.34. The molecule has 1 aliphatic heterocycles. The highest BCUT2D eigenvalue weighted by atomic mass is 16.5. The number of nitrogens with zero attached hydrogens (tertiary/aromatic N) is 1. The van der Waals surface area contributed by atoms with E-state index in [0.29, 0.717) is 16.9 Å². The molecule has 3 aromatic carbocycles. The number of carbonyl (C=O) groups is 3. The number of para-hydroxylation sites is 1. The van der Waals surface area contributed by atoms with E-state index in [0.717, 1.165) is 16.9 Å². The van der Waals surface area contributed by atoms with Gasteiger partial charge in [-0.25, -0.2) is 0 Å². The van der Waals surface area contributed by atoms with Crippen molar-refractivity contribution in [3.05, 3.63) is 99.9 Å². The van der Waals surface area contributed by atoms with Gasteiger partial charge >= 0.3 is 5.97 Å². The number of hydrogen-bond donors (Lipinski definition) is 0. The van der Waals surface area contributed by atoms with Gasteiger partial charge in [0.15, 0.2) is 0 Å². The normalized spacial score (nSPS) is 12.6. The molecule has 8 nitrogen and oxygen atoms in total. The van der Waals surface area contributed by atoms with Gasteiger partial charge in [-0.3, -0.25) is 24.1 Å². The Bertz CT molecular complexity index is 1550. The average molecular weight is 498 g/mol.